The Bertz CT molecular complexity index is 879. The largest absolute Gasteiger partial charge is 0.503 e. The summed E-state index contributed by atoms with van der Waals surface area (Å²) in [5.41, 5.74) is 4.86. The van der Waals surface area contributed by atoms with Gasteiger partial charge in [0.1, 0.15) is 0 Å². The number of halogens is 2. The molecule has 0 saturated carbocycles. The number of hydrogen-bond donors (Lipinski definition) is 2. The van der Waals surface area contributed by atoms with Gasteiger partial charge in [-0.15, -0.1) is 0 Å². The summed E-state index contributed by atoms with van der Waals surface area (Å²) in [6.07, 6.45) is 3.92. The summed E-state index contributed by atoms with van der Waals surface area (Å²) in [4.78, 5) is 14.6. The highest BCUT2D eigenvalue weighted by Crippen LogP contribution is 2.41. The van der Waals surface area contributed by atoms with Crippen molar-refractivity contribution in [1.82, 2.24) is 5.43 Å². The van der Waals surface area contributed by atoms with E-state index >= 15 is 0 Å². The van der Waals surface area contributed by atoms with E-state index < -0.39 is 0 Å². The number of amides is 1. The lowest BCUT2D eigenvalue weighted by molar-refractivity contribution is 0.0955. The van der Waals surface area contributed by atoms with Crippen LogP contribution in [-0.2, 0) is 0 Å². The van der Waals surface area contributed by atoms with Gasteiger partial charge in [0.25, 0.3) is 5.91 Å². The summed E-state index contributed by atoms with van der Waals surface area (Å²) in [6.45, 7) is 4.38. The fourth-order valence-corrected chi connectivity index (χ4v) is 3.82. The first kappa shape index (κ1) is 20.7. The van der Waals surface area contributed by atoms with E-state index in [1.807, 2.05) is 19.1 Å². The van der Waals surface area contributed by atoms with Crippen LogP contribution in [-0.4, -0.2) is 36.9 Å². The van der Waals surface area contributed by atoms with Crippen LogP contribution in [0.15, 0.2) is 44.4 Å². The molecule has 0 unspecified atom stereocenters. The van der Waals surface area contributed by atoms with Crippen LogP contribution in [0.2, 0.25) is 0 Å². The van der Waals surface area contributed by atoms with Crippen LogP contribution in [0, 0.1) is 0 Å². The number of nitrogens with one attached hydrogen (secondary N) is 1. The summed E-state index contributed by atoms with van der Waals surface area (Å²) < 4.78 is 6.48. The molecule has 0 aromatic heterocycles. The zero-order valence-corrected chi connectivity index (χ0v) is 18.6. The van der Waals surface area contributed by atoms with Gasteiger partial charge in [0.05, 0.1) is 17.3 Å². The molecule has 0 spiro atoms. The number of rotatable bonds is 6. The van der Waals surface area contributed by atoms with E-state index in [4.69, 9.17) is 4.74 Å². The van der Waals surface area contributed by atoms with E-state index in [1.54, 1.807) is 18.2 Å². The molecule has 1 aliphatic heterocycles. The molecule has 2 aromatic carbocycles. The van der Waals surface area contributed by atoms with Gasteiger partial charge in [-0.25, -0.2) is 5.43 Å². The van der Waals surface area contributed by atoms with Gasteiger partial charge in [0.2, 0.25) is 0 Å². The minimum atomic E-state index is -0.289. The van der Waals surface area contributed by atoms with E-state index in [9.17, 15) is 9.90 Å². The number of phenolic OH excluding ortho intramolecular Hbond substituents is 1. The first-order chi connectivity index (χ1) is 13.5. The molecule has 1 aliphatic rings. The van der Waals surface area contributed by atoms with Crippen LogP contribution in [0.4, 0.5) is 5.69 Å². The number of phenols is 1. The highest BCUT2D eigenvalue weighted by Gasteiger charge is 2.15. The smallest absolute Gasteiger partial charge is 0.271 e. The third-order valence-electron chi connectivity index (χ3n) is 4.44. The maximum atomic E-state index is 12.3. The quantitative estimate of drug-likeness (QED) is 0.437. The maximum Gasteiger partial charge on any atom is 0.271 e. The van der Waals surface area contributed by atoms with E-state index in [-0.39, 0.29) is 11.7 Å². The Hall–Kier alpha value is -2.06. The number of aromatic hydroxyl groups is 1. The molecule has 0 radical (unpaired) electrons. The summed E-state index contributed by atoms with van der Waals surface area (Å²) in [5.74, 6) is 0.0547. The Kier molecular flexibility index (Phi) is 6.96. The van der Waals surface area contributed by atoms with E-state index in [1.165, 1.54) is 19.1 Å². The SMILES string of the molecule is CCOc1cc(/C=N\NC(=O)c2ccc(N3CCCC3)cc2)c(Br)c(Br)c1O. The molecule has 3 rings (SSSR count). The second kappa shape index (κ2) is 9.43. The van der Waals surface area contributed by atoms with Gasteiger partial charge < -0.3 is 14.7 Å². The minimum absolute atomic E-state index is 0.00741. The number of ether oxygens (including phenoxy) is 1. The van der Waals surface area contributed by atoms with Gasteiger partial charge in [-0.2, -0.15) is 5.10 Å². The van der Waals surface area contributed by atoms with E-state index in [0.717, 1.165) is 18.8 Å². The van der Waals surface area contributed by atoms with Crippen molar-refractivity contribution in [3.63, 3.8) is 0 Å². The Balaban J connectivity index is 1.68. The Morgan fingerprint density at radius 2 is 1.93 bits per heavy atom. The van der Waals surface area contributed by atoms with Crippen LogP contribution >= 0.6 is 31.9 Å². The minimum Gasteiger partial charge on any atom is -0.503 e. The predicted octanol–water partition coefficient (Wildman–Crippen LogP) is 4.68. The van der Waals surface area contributed by atoms with Crippen LogP contribution < -0.4 is 15.1 Å². The number of hydrazone groups is 1. The zero-order chi connectivity index (χ0) is 20.1. The molecule has 6 nitrogen and oxygen atoms in total. The predicted molar refractivity (Wildman–Crippen MR) is 118 cm³/mol. The van der Waals surface area contributed by atoms with E-state index in [2.05, 4.69) is 47.3 Å². The Morgan fingerprint density at radius 3 is 2.57 bits per heavy atom. The van der Waals surface area contributed by atoms with Gasteiger partial charge in [0.15, 0.2) is 11.5 Å². The lowest BCUT2D eigenvalue weighted by Crippen LogP contribution is -2.19. The second-order valence-corrected chi connectivity index (χ2v) is 7.90. The molecule has 0 atom stereocenters. The lowest BCUT2D eigenvalue weighted by atomic mass is 10.2. The topological polar surface area (TPSA) is 74.2 Å². The van der Waals surface area contributed by atoms with Gasteiger partial charge in [0, 0.05) is 34.4 Å². The van der Waals surface area contributed by atoms with Crippen molar-refractivity contribution >= 4 is 49.7 Å². The molecule has 1 heterocycles. The third kappa shape index (κ3) is 4.67. The number of hydrogen-bond acceptors (Lipinski definition) is 5. The molecular formula is C20H21Br2N3O3. The van der Waals surface area contributed by atoms with Crippen molar-refractivity contribution in [2.24, 2.45) is 5.10 Å². The lowest BCUT2D eigenvalue weighted by Gasteiger charge is -2.17. The standard InChI is InChI=1S/C20H21Br2N3O3/c1-2-28-16-11-14(17(21)18(22)19(16)26)12-23-24-20(27)13-5-7-15(8-6-13)25-9-3-4-10-25/h5-8,11-12,26H,2-4,9-10H2,1H3,(H,24,27)/b23-12-. The number of nitrogens with zero attached hydrogens (tertiary/aromatic N) is 2. The summed E-state index contributed by atoms with van der Waals surface area (Å²) in [6, 6.07) is 9.18. The highest BCUT2D eigenvalue weighted by molar-refractivity contribution is 9.13. The number of carbonyl (C=O) groups is 1. The maximum absolute atomic E-state index is 12.3. The van der Waals surface area contributed by atoms with Crippen LogP contribution in [0.5, 0.6) is 11.5 Å². The molecule has 1 amide bonds. The molecule has 2 aromatic rings. The first-order valence-corrected chi connectivity index (χ1v) is 10.6. The summed E-state index contributed by atoms with van der Waals surface area (Å²) in [7, 11) is 0. The Labute approximate surface area is 180 Å². The highest BCUT2D eigenvalue weighted by atomic mass is 79.9. The molecule has 1 saturated heterocycles. The van der Waals surface area contributed by atoms with Gasteiger partial charge in [-0.3, -0.25) is 4.79 Å². The second-order valence-electron chi connectivity index (χ2n) is 6.31. The van der Waals surface area contributed by atoms with Gasteiger partial charge in [-0.1, -0.05) is 0 Å². The van der Waals surface area contributed by atoms with Crippen molar-refractivity contribution in [1.29, 1.82) is 0 Å². The monoisotopic (exact) mass is 509 g/mol. The van der Waals surface area contributed by atoms with Crippen molar-refractivity contribution in [2.75, 3.05) is 24.6 Å². The third-order valence-corrected chi connectivity index (χ3v) is 6.60. The fourth-order valence-electron chi connectivity index (χ4n) is 3.00. The molecule has 8 heteroatoms. The average molecular weight is 511 g/mol. The van der Waals surface area contributed by atoms with Crippen LogP contribution in [0.25, 0.3) is 0 Å². The average Bonchev–Trinajstić information content (AvgIpc) is 3.24. The summed E-state index contributed by atoms with van der Waals surface area (Å²) in [5, 5.41) is 14.1. The normalized spacial score (nSPS) is 13.9. The van der Waals surface area contributed by atoms with Gasteiger partial charge >= 0.3 is 0 Å². The van der Waals surface area contributed by atoms with Crippen LogP contribution in [0.1, 0.15) is 35.7 Å². The number of anilines is 1. The van der Waals surface area contributed by atoms with Crippen molar-refractivity contribution in [3.8, 4) is 11.5 Å². The molecule has 0 bridgehead atoms. The fraction of sp³-hybridized carbons (Fsp3) is 0.300. The van der Waals surface area contributed by atoms with Crippen LogP contribution in [0.3, 0.4) is 0 Å². The Morgan fingerprint density at radius 1 is 1.25 bits per heavy atom. The zero-order valence-electron chi connectivity index (χ0n) is 15.4. The number of benzene rings is 2. The van der Waals surface area contributed by atoms with E-state index in [0.29, 0.717) is 32.4 Å². The van der Waals surface area contributed by atoms with Crippen molar-refractivity contribution in [2.45, 2.75) is 19.8 Å². The number of carbonyl (C=O) groups excluding carboxylic acids is 1. The molecule has 28 heavy (non-hydrogen) atoms. The molecule has 1 fully saturated rings. The first-order valence-electron chi connectivity index (χ1n) is 9.03. The summed E-state index contributed by atoms with van der Waals surface area (Å²) >= 11 is 6.71. The van der Waals surface area contributed by atoms with Crippen molar-refractivity contribution < 1.29 is 14.6 Å². The molecule has 148 valence electrons. The van der Waals surface area contributed by atoms with Crippen molar-refractivity contribution in [3.05, 3.63) is 50.4 Å². The van der Waals surface area contributed by atoms with Gasteiger partial charge in [-0.05, 0) is 82.0 Å². The molecule has 0 aliphatic carbocycles. The molecular weight excluding hydrogens is 490 g/mol. The molecule has 2 N–H and O–H groups in total.